The lowest BCUT2D eigenvalue weighted by atomic mass is 10.1. The Bertz CT molecular complexity index is 501. The summed E-state index contributed by atoms with van der Waals surface area (Å²) in [5.74, 6) is 0.270. The van der Waals surface area contributed by atoms with Crippen LogP contribution in [0.4, 0.5) is 10.9 Å². The van der Waals surface area contributed by atoms with Crippen LogP contribution in [-0.4, -0.2) is 54.7 Å². The number of hydrogen-bond acceptors (Lipinski definition) is 6. The fourth-order valence-corrected chi connectivity index (χ4v) is 3.08. The molecule has 2 heterocycles. The molecule has 0 saturated carbocycles. The van der Waals surface area contributed by atoms with E-state index >= 15 is 0 Å². The molecule has 1 amide bonds. The van der Waals surface area contributed by atoms with Gasteiger partial charge in [0, 0.05) is 26.7 Å². The Hall–Kier alpha value is -1.34. The van der Waals surface area contributed by atoms with Crippen molar-refractivity contribution in [1.82, 2.24) is 9.88 Å². The van der Waals surface area contributed by atoms with Crippen molar-refractivity contribution in [3.8, 4) is 0 Å². The number of nitrogens with zero attached hydrogens (tertiary/aromatic N) is 3. The Morgan fingerprint density at radius 1 is 1.60 bits per heavy atom. The lowest BCUT2D eigenvalue weighted by Crippen LogP contribution is -2.50. The van der Waals surface area contributed by atoms with Crippen molar-refractivity contribution in [2.75, 3.05) is 43.9 Å². The van der Waals surface area contributed by atoms with Crippen LogP contribution in [0.15, 0.2) is 0 Å². The Balaban J connectivity index is 2.19. The molecule has 2 rings (SSSR count). The third-order valence-corrected chi connectivity index (χ3v) is 4.52. The van der Waals surface area contributed by atoms with E-state index in [1.54, 1.807) is 4.90 Å². The Morgan fingerprint density at radius 3 is 2.90 bits per heavy atom. The molecule has 1 fully saturated rings. The van der Waals surface area contributed by atoms with E-state index in [-0.39, 0.29) is 11.5 Å². The number of carbonyl (C=O) groups excluding carboxylic acids is 1. The minimum Gasteiger partial charge on any atom is -0.382 e. The predicted molar refractivity (Wildman–Crippen MR) is 81.4 cm³/mol. The van der Waals surface area contributed by atoms with Crippen molar-refractivity contribution in [3.05, 3.63) is 4.88 Å². The normalized spacial score (nSPS) is 18.1. The topological polar surface area (TPSA) is 71.7 Å². The number of rotatable bonds is 3. The van der Waals surface area contributed by atoms with Gasteiger partial charge in [0.1, 0.15) is 10.7 Å². The average Bonchev–Trinajstić information content (AvgIpc) is 2.78. The van der Waals surface area contributed by atoms with Gasteiger partial charge in [0.2, 0.25) is 0 Å². The Labute approximate surface area is 123 Å². The number of aromatic nitrogens is 1. The summed E-state index contributed by atoms with van der Waals surface area (Å²) < 4.78 is 5.63. The Morgan fingerprint density at radius 2 is 2.30 bits per heavy atom. The van der Waals surface area contributed by atoms with E-state index in [0.717, 1.165) is 11.7 Å². The standard InChI is InChI=1S/C13H22N4O2S/c1-5-16(4)12-15-10(14)9(20-12)11(18)17-6-7-19-13(2,3)8-17/h5-8,14H2,1-4H3. The van der Waals surface area contributed by atoms with Gasteiger partial charge >= 0.3 is 0 Å². The van der Waals surface area contributed by atoms with Crippen LogP contribution in [0.5, 0.6) is 0 Å². The molecule has 112 valence electrons. The molecule has 0 unspecified atom stereocenters. The molecule has 20 heavy (non-hydrogen) atoms. The van der Waals surface area contributed by atoms with Gasteiger partial charge in [0.25, 0.3) is 5.91 Å². The maximum absolute atomic E-state index is 12.6. The fourth-order valence-electron chi connectivity index (χ4n) is 2.11. The highest BCUT2D eigenvalue weighted by atomic mass is 32.1. The van der Waals surface area contributed by atoms with Crippen molar-refractivity contribution in [2.24, 2.45) is 0 Å². The van der Waals surface area contributed by atoms with Gasteiger partial charge in [-0.25, -0.2) is 4.98 Å². The van der Waals surface area contributed by atoms with Crippen molar-refractivity contribution >= 4 is 28.2 Å². The van der Waals surface area contributed by atoms with E-state index in [1.165, 1.54) is 11.3 Å². The summed E-state index contributed by atoms with van der Waals surface area (Å²) in [5.41, 5.74) is 5.59. The van der Waals surface area contributed by atoms with E-state index in [0.29, 0.717) is 30.4 Å². The van der Waals surface area contributed by atoms with Crippen molar-refractivity contribution in [1.29, 1.82) is 0 Å². The first-order valence-corrected chi connectivity index (χ1v) is 7.56. The molecule has 0 radical (unpaired) electrons. The zero-order chi connectivity index (χ0) is 14.9. The van der Waals surface area contributed by atoms with E-state index in [4.69, 9.17) is 10.5 Å². The van der Waals surface area contributed by atoms with Crippen LogP contribution < -0.4 is 10.6 Å². The monoisotopic (exact) mass is 298 g/mol. The number of carbonyl (C=O) groups is 1. The number of nitrogens with two attached hydrogens (primary N) is 1. The molecule has 1 aliphatic heterocycles. The molecule has 7 heteroatoms. The molecule has 0 aliphatic carbocycles. The molecule has 1 aromatic heterocycles. The molecule has 2 N–H and O–H groups in total. The number of amides is 1. The number of anilines is 2. The highest BCUT2D eigenvalue weighted by Gasteiger charge is 2.32. The second-order valence-corrected chi connectivity index (χ2v) is 6.54. The number of hydrogen-bond donors (Lipinski definition) is 1. The molecule has 0 atom stereocenters. The number of morpholine rings is 1. The van der Waals surface area contributed by atoms with Crippen LogP contribution in [0.25, 0.3) is 0 Å². The molecule has 6 nitrogen and oxygen atoms in total. The summed E-state index contributed by atoms with van der Waals surface area (Å²) >= 11 is 1.35. The predicted octanol–water partition coefficient (Wildman–Crippen LogP) is 1.43. The molecule has 1 aromatic rings. The lowest BCUT2D eigenvalue weighted by Gasteiger charge is -2.37. The molecule has 0 spiro atoms. The molecule has 1 saturated heterocycles. The van der Waals surface area contributed by atoms with E-state index in [9.17, 15) is 4.79 Å². The molecular weight excluding hydrogens is 276 g/mol. The van der Waals surface area contributed by atoms with Crippen LogP contribution in [0, 0.1) is 0 Å². The van der Waals surface area contributed by atoms with E-state index in [2.05, 4.69) is 4.98 Å². The summed E-state index contributed by atoms with van der Waals surface area (Å²) in [7, 11) is 1.93. The van der Waals surface area contributed by atoms with Crippen molar-refractivity contribution in [3.63, 3.8) is 0 Å². The highest BCUT2D eigenvalue weighted by Crippen LogP contribution is 2.29. The van der Waals surface area contributed by atoms with Crippen LogP contribution in [0.2, 0.25) is 0 Å². The van der Waals surface area contributed by atoms with E-state index < -0.39 is 0 Å². The van der Waals surface area contributed by atoms with Gasteiger partial charge in [0.05, 0.1) is 12.2 Å². The largest absolute Gasteiger partial charge is 0.382 e. The quantitative estimate of drug-likeness (QED) is 0.914. The average molecular weight is 298 g/mol. The third kappa shape index (κ3) is 3.04. The van der Waals surface area contributed by atoms with E-state index in [1.807, 2.05) is 32.7 Å². The SMILES string of the molecule is CCN(C)c1nc(N)c(C(=O)N2CCOC(C)(C)C2)s1. The van der Waals surface area contributed by atoms with Gasteiger partial charge in [-0.15, -0.1) is 0 Å². The van der Waals surface area contributed by atoms with Crippen LogP contribution >= 0.6 is 11.3 Å². The van der Waals surface area contributed by atoms with Gasteiger partial charge in [-0.05, 0) is 20.8 Å². The first kappa shape index (κ1) is 15.1. The molecule has 1 aliphatic rings. The van der Waals surface area contributed by atoms with Crippen LogP contribution in [-0.2, 0) is 4.74 Å². The minimum atomic E-state index is -0.309. The number of thiazole rings is 1. The van der Waals surface area contributed by atoms with Gasteiger partial charge < -0.3 is 20.3 Å². The summed E-state index contributed by atoms with van der Waals surface area (Å²) in [6.07, 6.45) is 0. The summed E-state index contributed by atoms with van der Waals surface area (Å²) in [6, 6.07) is 0. The van der Waals surface area contributed by atoms with Crippen LogP contribution in [0.1, 0.15) is 30.4 Å². The van der Waals surface area contributed by atoms with Crippen LogP contribution in [0.3, 0.4) is 0 Å². The number of nitrogen functional groups attached to an aromatic ring is 1. The smallest absolute Gasteiger partial charge is 0.268 e. The first-order valence-electron chi connectivity index (χ1n) is 6.74. The molecular formula is C13H22N4O2S. The lowest BCUT2D eigenvalue weighted by molar-refractivity contribution is -0.0762. The maximum Gasteiger partial charge on any atom is 0.268 e. The summed E-state index contributed by atoms with van der Waals surface area (Å²) in [4.78, 5) is 21.1. The maximum atomic E-state index is 12.6. The second kappa shape index (κ2) is 5.57. The van der Waals surface area contributed by atoms with Gasteiger partial charge in [-0.1, -0.05) is 11.3 Å². The van der Waals surface area contributed by atoms with Crippen molar-refractivity contribution in [2.45, 2.75) is 26.4 Å². The second-order valence-electron chi connectivity index (χ2n) is 5.56. The fraction of sp³-hybridized carbons (Fsp3) is 0.692. The van der Waals surface area contributed by atoms with Gasteiger partial charge in [-0.3, -0.25) is 4.79 Å². The zero-order valence-corrected chi connectivity index (χ0v) is 13.3. The highest BCUT2D eigenvalue weighted by molar-refractivity contribution is 7.18. The summed E-state index contributed by atoms with van der Waals surface area (Å²) in [5, 5.41) is 0.779. The van der Waals surface area contributed by atoms with Crippen molar-refractivity contribution < 1.29 is 9.53 Å². The number of ether oxygens (including phenoxy) is 1. The third-order valence-electron chi connectivity index (χ3n) is 3.35. The summed E-state index contributed by atoms with van der Waals surface area (Å²) in [6.45, 7) is 8.55. The Kier molecular flexibility index (Phi) is 4.19. The minimum absolute atomic E-state index is 0.0490. The zero-order valence-electron chi connectivity index (χ0n) is 12.5. The van der Waals surface area contributed by atoms with Gasteiger partial charge in [-0.2, -0.15) is 0 Å². The molecule has 0 bridgehead atoms. The first-order chi connectivity index (χ1) is 9.34. The molecule has 0 aromatic carbocycles. The van der Waals surface area contributed by atoms with Gasteiger partial charge in [0.15, 0.2) is 5.13 Å².